The minimum atomic E-state index is -0.816. The van der Waals surface area contributed by atoms with Gasteiger partial charge in [0.05, 0.1) is 22.7 Å². The van der Waals surface area contributed by atoms with Crippen LogP contribution in [0, 0.1) is 0 Å². The molecule has 5 nitrogen and oxygen atoms in total. The van der Waals surface area contributed by atoms with E-state index in [4.69, 9.17) is 0 Å². The third-order valence-electron chi connectivity index (χ3n) is 2.95. The Morgan fingerprint density at radius 1 is 1.45 bits per heavy atom. The van der Waals surface area contributed by atoms with Gasteiger partial charge in [0.25, 0.3) is 0 Å². The molecule has 2 N–H and O–H groups in total. The zero-order chi connectivity index (χ0) is 16.2. The number of aliphatic hydroxyl groups is 1. The summed E-state index contributed by atoms with van der Waals surface area (Å²) in [6, 6.07) is 3.99. The van der Waals surface area contributed by atoms with Crippen LogP contribution in [0.1, 0.15) is 20.8 Å². The summed E-state index contributed by atoms with van der Waals surface area (Å²) >= 11 is 3.04. The van der Waals surface area contributed by atoms with E-state index in [0.29, 0.717) is 18.2 Å². The molecular weight excluding hydrogens is 318 g/mol. The highest BCUT2D eigenvalue weighted by molar-refractivity contribution is 7.16. The summed E-state index contributed by atoms with van der Waals surface area (Å²) in [5.41, 5.74) is 0.0724. The molecule has 0 unspecified atom stereocenters. The lowest BCUT2D eigenvalue weighted by molar-refractivity contribution is -0.117. The van der Waals surface area contributed by atoms with Gasteiger partial charge in [0.2, 0.25) is 5.91 Å². The lowest BCUT2D eigenvalue weighted by atomic mass is 10.1. The van der Waals surface area contributed by atoms with Gasteiger partial charge in [-0.2, -0.15) is 0 Å². The molecule has 2 aromatic heterocycles. The van der Waals surface area contributed by atoms with Crippen LogP contribution in [0.2, 0.25) is 0 Å². The normalized spacial score (nSPS) is 11.9. The van der Waals surface area contributed by atoms with Crippen molar-refractivity contribution in [2.45, 2.75) is 26.4 Å². The molecule has 2 aromatic rings. The van der Waals surface area contributed by atoms with Crippen molar-refractivity contribution >= 4 is 33.7 Å². The van der Waals surface area contributed by atoms with Crippen molar-refractivity contribution in [3.05, 3.63) is 22.9 Å². The largest absolute Gasteiger partial charge is 0.389 e. The van der Waals surface area contributed by atoms with Gasteiger partial charge in [-0.1, -0.05) is 13.0 Å². The third-order valence-corrected chi connectivity index (χ3v) is 4.60. The lowest BCUT2D eigenvalue weighted by Crippen LogP contribution is -2.42. The monoisotopic (exact) mass is 339 g/mol. The molecule has 22 heavy (non-hydrogen) atoms. The smallest absolute Gasteiger partial charge is 0.240 e. The number of amides is 1. The zero-order valence-electron chi connectivity index (χ0n) is 13.0. The predicted molar refractivity (Wildman–Crippen MR) is 92.5 cm³/mol. The molecule has 0 spiro atoms. The molecule has 0 aliphatic heterocycles. The highest BCUT2D eigenvalue weighted by Crippen LogP contribution is 2.28. The van der Waals surface area contributed by atoms with E-state index in [1.54, 1.807) is 25.2 Å². The molecule has 1 amide bonds. The predicted octanol–water partition coefficient (Wildman–Crippen LogP) is 2.90. The summed E-state index contributed by atoms with van der Waals surface area (Å²) in [6.07, 6.45) is 0. The number of hydrogen-bond acceptors (Lipinski definition) is 6. The van der Waals surface area contributed by atoms with Gasteiger partial charge in [-0.3, -0.25) is 9.69 Å². The van der Waals surface area contributed by atoms with Gasteiger partial charge in [-0.25, -0.2) is 4.98 Å². The standard InChI is InChI=1S/C15H21N3O2S2/c1-4-18(10-15(2,3)20)8-13(19)17-14-16-11(9-22-14)12-6-5-7-21-12/h5-7,9,20H,4,8,10H2,1-3H3,(H,16,17,19). The van der Waals surface area contributed by atoms with Gasteiger partial charge in [-0.15, -0.1) is 22.7 Å². The topological polar surface area (TPSA) is 65.5 Å². The number of carbonyl (C=O) groups excluding carboxylic acids is 1. The SMILES string of the molecule is CCN(CC(=O)Nc1nc(-c2cccs2)cs1)CC(C)(C)O. The minimum absolute atomic E-state index is 0.113. The summed E-state index contributed by atoms with van der Waals surface area (Å²) in [7, 11) is 0. The van der Waals surface area contributed by atoms with E-state index in [2.05, 4.69) is 10.3 Å². The van der Waals surface area contributed by atoms with Crippen LogP contribution in [-0.2, 0) is 4.79 Å². The van der Waals surface area contributed by atoms with Gasteiger partial charge in [0, 0.05) is 11.9 Å². The van der Waals surface area contributed by atoms with Crippen LogP contribution < -0.4 is 5.32 Å². The number of nitrogens with one attached hydrogen (secondary N) is 1. The van der Waals surface area contributed by atoms with E-state index in [9.17, 15) is 9.90 Å². The number of nitrogens with zero attached hydrogens (tertiary/aromatic N) is 2. The average Bonchev–Trinajstić information content (AvgIpc) is 3.06. The lowest BCUT2D eigenvalue weighted by Gasteiger charge is -2.27. The van der Waals surface area contributed by atoms with Crippen molar-refractivity contribution in [2.24, 2.45) is 0 Å². The van der Waals surface area contributed by atoms with Crippen molar-refractivity contribution in [1.29, 1.82) is 0 Å². The van der Waals surface area contributed by atoms with Gasteiger partial charge in [-0.05, 0) is 31.8 Å². The van der Waals surface area contributed by atoms with Gasteiger partial charge in [0.1, 0.15) is 0 Å². The Morgan fingerprint density at radius 3 is 2.82 bits per heavy atom. The second-order valence-corrected chi connectivity index (χ2v) is 7.48. The van der Waals surface area contributed by atoms with Crippen molar-refractivity contribution < 1.29 is 9.90 Å². The molecule has 0 aromatic carbocycles. The van der Waals surface area contributed by atoms with E-state index in [0.717, 1.165) is 10.6 Å². The van der Waals surface area contributed by atoms with Gasteiger partial charge >= 0.3 is 0 Å². The molecule has 2 heterocycles. The van der Waals surface area contributed by atoms with E-state index < -0.39 is 5.60 Å². The highest BCUT2D eigenvalue weighted by atomic mass is 32.1. The first-order valence-corrected chi connectivity index (χ1v) is 8.87. The van der Waals surface area contributed by atoms with E-state index in [1.165, 1.54) is 11.3 Å². The van der Waals surface area contributed by atoms with Crippen LogP contribution in [0.5, 0.6) is 0 Å². The maximum absolute atomic E-state index is 12.1. The number of aromatic nitrogens is 1. The average molecular weight is 339 g/mol. The molecule has 0 atom stereocenters. The first-order valence-electron chi connectivity index (χ1n) is 7.11. The van der Waals surface area contributed by atoms with Crippen LogP contribution in [0.4, 0.5) is 5.13 Å². The van der Waals surface area contributed by atoms with Crippen LogP contribution in [0.15, 0.2) is 22.9 Å². The number of thiophene rings is 1. The first kappa shape index (κ1) is 17.1. The molecule has 0 saturated carbocycles. The van der Waals surface area contributed by atoms with Crippen LogP contribution in [-0.4, -0.2) is 46.1 Å². The summed E-state index contributed by atoms with van der Waals surface area (Å²) in [4.78, 5) is 19.5. The number of hydrogen-bond donors (Lipinski definition) is 2. The Morgan fingerprint density at radius 2 is 2.23 bits per heavy atom. The van der Waals surface area contributed by atoms with E-state index >= 15 is 0 Å². The molecule has 0 saturated heterocycles. The Hall–Kier alpha value is -1.28. The maximum Gasteiger partial charge on any atom is 0.240 e. The van der Waals surface area contributed by atoms with Crippen LogP contribution in [0.25, 0.3) is 10.6 Å². The number of anilines is 1. The quantitative estimate of drug-likeness (QED) is 0.814. The van der Waals surface area contributed by atoms with Crippen molar-refractivity contribution in [2.75, 3.05) is 25.0 Å². The maximum atomic E-state index is 12.1. The molecule has 0 fully saturated rings. The summed E-state index contributed by atoms with van der Waals surface area (Å²) in [6.45, 7) is 6.85. The fraction of sp³-hybridized carbons (Fsp3) is 0.467. The van der Waals surface area contributed by atoms with Crippen molar-refractivity contribution in [1.82, 2.24) is 9.88 Å². The highest BCUT2D eigenvalue weighted by Gasteiger charge is 2.19. The number of carbonyl (C=O) groups is 1. The Labute approximate surface area is 138 Å². The molecule has 7 heteroatoms. The zero-order valence-corrected chi connectivity index (χ0v) is 14.6. The minimum Gasteiger partial charge on any atom is -0.389 e. The van der Waals surface area contributed by atoms with Crippen molar-refractivity contribution in [3.8, 4) is 10.6 Å². The Kier molecular flexibility index (Phi) is 5.69. The molecule has 0 aliphatic rings. The Balaban J connectivity index is 1.91. The fourth-order valence-electron chi connectivity index (χ4n) is 2.06. The van der Waals surface area contributed by atoms with Crippen LogP contribution >= 0.6 is 22.7 Å². The van der Waals surface area contributed by atoms with Gasteiger partial charge < -0.3 is 10.4 Å². The molecular formula is C15H21N3O2S2. The van der Waals surface area contributed by atoms with Crippen LogP contribution in [0.3, 0.4) is 0 Å². The number of rotatable bonds is 7. The second-order valence-electron chi connectivity index (χ2n) is 5.68. The fourth-order valence-corrected chi connectivity index (χ4v) is 3.54. The second kappa shape index (κ2) is 7.32. The molecule has 0 bridgehead atoms. The first-order chi connectivity index (χ1) is 10.4. The Bertz CT molecular complexity index is 603. The molecule has 0 radical (unpaired) electrons. The van der Waals surface area contributed by atoms with E-state index in [-0.39, 0.29) is 12.5 Å². The number of thiazole rings is 1. The molecule has 2 rings (SSSR count). The molecule has 0 aliphatic carbocycles. The number of likely N-dealkylation sites (N-methyl/N-ethyl adjacent to an activating group) is 1. The third kappa shape index (κ3) is 5.17. The summed E-state index contributed by atoms with van der Waals surface area (Å²) < 4.78 is 0. The summed E-state index contributed by atoms with van der Waals surface area (Å²) in [5.74, 6) is -0.113. The molecule has 120 valence electrons. The summed E-state index contributed by atoms with van der Waals surface area (Å²) in [5, 5.41) is 17.2. The van der Waals surface area contributed by atoms with Crippen molar-refractivity contribution in [3.63, 3.8) is 0 Å². The van der Waals surface area contributed by atoms with E-state index in [1.807, 2.05) is 34.7 Å². The van der Waals surface area contributed by atoms with Gasteiger partial charge in [0.15, 0.2) is 5.13 Å².